The first-order chi connectivity index (χ1) is 11.6. The van der Waals surface area contributed by atoms with Crippen LogP contribution in [0.4, 0.5) is 9.59 Å². The van der Waals surface area contributed by atoms with Crippen molar-refractivity contribution in [2.45, 2.75) is 45.3 Å². The third kappa shape index (κ3) is 8.59. The monoisotopic (exact) mass is 352 g/mol. The average molecular weight is 352 g/mol. The lowest BCUT2D eigenvalue weighted by molar-refractivity contribution is -0.137. The van der Waals surface area contributed by atoms with E-state index in [0.29, 0.717) is 6.42 Å². The Balaban J connectivity index is 2.79. The number of primary amides is 1. The first-order valence-corrected chi connectivity index (χ1v) is 7.80. The number of nitrogens with two attached hydrogens (primary N) is 2. The third-order valence-corrected chi connectivity index (χ3v) is 3.04. The Morgan fingerprint density at radius 2 is 1.84 bits per heavy atom. The Morgan fingerprint density at radius 1 is 1.24 bits per heavy atom. The van der Waals surface area contributed by atoms with Gasteiger partial charge in [-0.3, -0.25) is 0 Å². The van der Waals surface area contributed by atoms with E-state index in [1.54, 1.807) is 27.9 Å². The van der Waals surface area contributed by atoms with Crippen LogP contribution in [0.5, 0.6) is 5.75 Å². The maximum Gasteiger partial charge on any atom is 0.413 e. The Morgan fingerprint density at radius 3 is 2.32 bits per heavy atom. The lowest BCUT2D eigenvalue weighted by Gasteiger charge is -2.23. The number of ether oxygens (including phenoxy) is 3. The van der Waals surface area contributed by atoms with Crippen LogP contribution < -0.4 is 21.2 Å². The fourth-order valence-corrected chi connectivity index (χ4v) is 2.11. The van der Waals surface area contributed by atoms with Gasteiger partial charge in [-0.25, -0.2) is 15.0 Å². The van der Waals surface area contributed by atoms with Gasteiger partial charge in [-0.05, 0) is 44.9 Å². The maximum absolute atomic E-state index is 12.0. The van der Waals surface area contributed by atoms with Crippen LogP contribution in [-0.4, -0.2) is 36.8 Å². The zero-order chi connectivity index (χ0) is 19.0. The minimum absolute atomic E-state index is 0.0814. The molecular weight excluding hydrogens is 326 g/mol. The highest BCUT2D eigenvalue weighted by molar-refractivity contribution is 5.84. The van der Waals surface area contributed by atoms with Crippen molar-refractivity contribution in [3.63, 3.8) is 0 Å². The van der Waals surface area contributed by atoms with Gasteiger partial charge >= 0.3 is 18.1 Å². The van der Waals surface area contributed by atoms with E-state index in [0.717, 1.165) is 11.3 Å². The van der Waals surface area contributed by atoms with Gasteiger partial charge in [0.2, 0.25) is 0 Å². The molecule has 0 aliphatic carbocycles. The highest BCUT2D eigenvalue weighted by Gasteiger charge is 2.23. The van der Waals surface area contributed by atoms with Crippen molar-refractivity contribution < 1.29 is 29.2 Å². The van der Waals surface area contributed by atoms with E-state index in [9.17, 15) is 9.59 Å². The Hall–Kier alpha value is -2.77. The summed E-state index contributed by atoms with van der Waals surface area (Å²) in [6.45, 7) is 5.30. The number of benzene rings is 1. The molecule has 0 aromatic heterocycles. The lowest BCUT2D eigenvalue weighted by atomic mass is 10.0. The van der Waals surface area contributed by atoms with Crippen molar-refractivity contribution in [2.75, 3.05) is 7.11 Å². The second-order valence-corrected chi connectivity index (χ2v) is 6.49. The molecule has 0 heterocycles. The Kier molecular flexibility index (Phi) is 7.22. The SMILES string of the molecule is COc1ccc(CC(CC(=[NH2+])OC(N)=O)NC(=O)OC(C)(C)C)cc1. The number of hydrogen-bond acceptors (Lipinski definition) is 5. The number of nitrogens with one attached hydrogen (secondary N) is 1. The van der Waals surface area contributed by atoms with Gasteiger partial charge in [-0.15, -0.1) is 0 Å². The molecule has 138 valence electrons. The van der Waals surface area contributed by atoms with E-state index in [1.807, 2.05) is 24.3 Å². The molecule has 1 aromatic rings. The molecule has 1 unspecified atom stereocenters. The largest absolute Gasteiger partial charge is 0.497 e. The molecule has 1 rings (SSSR count). The first kappa shape index (κ1) is 20.3. The second-order valence-electron chi connectivity index (χ2n) is 6.49. The van der Waals surface area contributed by atoms with Crippen LogP contribution in [0.3, 0.4) is 0 Å². The summed E-state index contributed by atoms with van der Waals surface area (Å²) in [6, 6.07) is 6.92. The summed E-state index contributed by atoms with van der Waals surface area (Å²) in [5.41, 5.74) is 5.26. The van der Waals surface area contributed by atoms with E-state index in [1.165, 1.54) is 0 Å². The summed E-state index contributed by atoms with van der Waals surface area (Å²) in [6.07, 6.45) is -1.03. The molecule has 25 heavy (non-hydrogen) atoms. The Bertz CT molecular complexity index is 608. The number of carbonyl (C=O) groups is 2. The van der Waals surface area contributed by atoms with Crippen LogP contribution in [-0.2, 0) is 15.9 Å². The zero-order valence-electron chi connectivity index (χ0n) is 15.0. The quantitative estimate of drug-likeness (QED) is 0.515. The smallest absolute Gasteiger partial charge is 0.413 e. The van der Waals surface area contributed by atoms with Gasteiger partial charge in [-0.1, -0.05) is 12.1 Å². The lowest BCUT2D eigenvalue weighted by Crippen LogP contribution is -2.49. The van der Waals surface area contributed by atoms with Gasteiger partial charge < -0.3 is 25.3 Å². The predicted octanol–water partition coefficient (Wildman–Crippen LogP) is 0.774. The standard InChI is InChI=1S/C17H25N3O5/c1-17(2,3)25-16(22)20-12(10-14(18)24-15(19)21)9-11-5-7-13(23-4)8-6-11/h5-8,12,18H,9-10H2,1-4H3,(H2,19,21)(H,20,22)/p+1. The van der Waals surface area contributed by atoms with Crippen molar-refractivity contribution in [2.24, 2.45) is 5.73 Å². The van der Waals surface area contributed by atoms with Crippen molar-refractivity contribution in [1.29, 1.82) is 0 Å². The van der Waals surface area contributed by atoms with E-state index in [4.69, 9.17) is 20.6 Å². The van der Waals surface area contributed by atoms with Crippen molar-refractivity contribution >= 4 is 18.1 Å². The summed E-state index contributed by atoms with van der Waals surface area (Å²) in [7, 11) is 1.58. The highest BCUT2D eigenvalue weighted by Crippen LogP contribution is 2.14. The molecule has 0 aliphatic heterocycles. The Labute approximate surface area is 147 Å². The normalized spacial score (nSPS) is 12.0. The maximum atomic E-state index is 12.0. The summed E-state index contributed by atoms with van der Waals surface area (Å²) < 4.78 is 15.0. The van der Waals surface area contributed by atoms with Gasteiger partial charge in [0.25, 0.3) is 0 Å². The number of methoxy groups -OCH3 is 1. The van der Waals surface area contributed by atoms with Crippen LogP contribution in [0.25, 0.3) is 0 Å². The van der Waals surface area contributed by atoms with E-state index in [-0.39, 0.29) is 12.3 Å². The fourth-order valence-electron chi connectivity index (χ4n) is 2.11. The van der Waals surface area contributed by atoms with Gasteiger partial charge in [0, 0.05) is 6.04 Å². The molecule has 2 amide bonds. The molecule has 1 atom stereocenters. The van der Waals surface area contributed by atoms with Crippen LogP contribution in [0.15, 0.2) is 24.3 Å². The number of amides is 2. The van der Waals surface area contributed by atoms with Crippen LogP contribution >= 0.6 is 0 Å². The minimum atomic E-state index is -1.00. The molecule has 0 saturated carbocycles. The van der Waals surface area contributed by atoms with E-state index >= 15 is 0 Å². The predicted molar refractivity (Wildman–Crippen MR) is 92.1 cm³/mol. The number of carbonyl (C=O) groups excluding carboxylic acids is 2. The van der Waals surface area contributed by atoms with Gasteiger partial charge in [0.15, 0.2) is 0 Å². The van der Waals surface area contributed by atoms with Gasteiger partial charge in [0.05, 0.1) is 13.5 Å². The molecular formula is C17H26N3O5+. The first-order valence-electron chi connectivity index (χ1n) is 7.80. The summed E-state index contributed by atoms with van der Waals surface area (Å²) >= 11 is 0. The number of rotatable bonds is 6. The molecule has 0 spiro atoms. The molecule has 0 bridgehead atoms. The van der Waals surface area contributed by atoms with Gasteiger partial charge in [-0.2, -0.15) is 0 Å². The number of alkyl carbamates (subject to hydrolysis) is 1. The molecule has 8 nitrogen and oxygen atoms in total. The van der Waals surface area contributed by atoms with Crippen molar-refractivity contribution in [3.8, 4) is 5.75 Å². The van der Waals surface area contributed by atoms with Crippen LogP contribution in [0, 0.1) is 0 Å². The van der Waals surface area contributed by atoms with Gasteiger partial charge in [0.1, 0.15) is 11.4 Å². The fraction of sp³-hybridized carbons (Fsp3) is 0.471. The third-order valence-electron chi connectivity index (χ3n) is 3.04. The van der Waals surface area contributed by atoms with Crippen molar-refractivity contribution in [1.82, 2.24) is 5.32 Å². The highest BCUT2D eigenvalue weighted by atomic mass is 16.6. The molecule has 8 heteroatoms. The number of hydrogen-bond donors (Lipinski definition) is 3. The summed E-state index contributed by atoms with van der Waals surface area (Å²) in [4.78, 5) is 22.8. The average Bonchev–Trinajstić information content (AvgIpc) is 2.44. The molecule has 0 aliphatic rings. The molecule has 0 radical (unpaired) electrons. The molecule has 0 fully saturated rings. The van der Waals surface area contributed by atoms with Crippen LogP contribution in [0.1, 0.15) is 32.8 Å². The molecule has 5 N–H and O–H groups in total. The second kappa shape index (κ2) is 8.91. The van der Waals surface area contributed by atoms with Crippen LogP contribution in [0.2, 0.25) is 0 Å². The van der Waals surface area contributed by atoms with E-state index < -0.39 is 23.8 Å². The summed E-state index contributed by atoms with van der Waals surface area (Å²) in [5.74, 6) is 0.644. The molecule has 0 saturated heterocycles. The summed E-state index contributed by atoms with van der Waals surface area (Å²) in [5, 5.41) is 8.39. The topological polar surface area (TPSA) is 125 Å². The molecule has 1 aromatic carbocycles. The zero-order valence-corrected chi connectivity index (χ0v) is 15.0. The van der Waals surface area contributed by atoms with E-state index in [2.05, 4.69) is 10.1 Å². The van der Waals surface area contributed by atoms with Crippen molar-refractivity contribution in [3.05, 3.63) is 29.8 Å². The minimum Gasteiger partial charge on any atom is -0.497 e.